The Morgan fingerprint density at radius 2 is 2.06 bits per heavy atom. The number of rotatable bonds is 5. The fraction of sp³-hybridized carbons (Fsp3) is 0.385. The number of sulfonamides is 1. The second-order valence-electron chi connectivity index (χ2n) is 4.38. The summed E-state index contributed by atoms with van der Waals surface area (Å²) in [6, 6.07) is 6.81. The Balaban J connectivity index is 2.32. The van der Waals surface area contributed by atoms with Crippen LogP contribution in [0.3, 0.4) is 0 Å². The van der Waals surface area contributed by atoms with E-state index in [4.69, 9.17) is 6.42 Å². The largest absolute Gasteiger partial charge is 0.245 e. The average molecular weight is 328 g/mol. The van der Waals surface area contributed by atoms with Gasteiger partial charge in [-0.15, -0.1) is 6.42 Å². The van der Waals surface area contributed by atoms with Crippen LogP contribution in [0.4, 0.5) is 0 Å². The van der Waals surface area contributed by atoms with Crippen LogP contribution < -0.4 is 0 Å². The SMILES string of the molecule is C#CCN(CC1CC1)S(=O)(=O)c1ccccc1Br. The summed E-state index contributed by atoms with van der Waals surface area (Å²) in [5.41, 5.74) is 0. The normalized spacial score (nSPS) is 15.6. The number of halogens is 1. The van der Waals surface area contributed by atoms with E-state index in [1.54, 1.807) is 24.3 Å². The van der Waals surface area contributed by atoms with Crippen molar-refractivity contribution in [3.8, 4) is 12.3 Å². The van der Waals surface area contributed by atoms with Gasteiger partial charge in [-0.2, -0.15) is 4.31 Å². The maximum atomic E-state index is 12.5. The summed E-state index contributed by atoms with van der Waals surface area (Å²) >= 11 is 3.28. The van der Waals surface area contributed by atoms with Crippen LogP contribution in [0.5, 0.6) is 0 Å². The van der Waals surface area contributed by atoms with E-state index in [1.165, 1.54) is 4.31 Å². The fourth-order valence-corrected chi connectivity index (χ4v) is 4.12. The molecular formula is C13H14BrNO2S. The fourth-order valence-electron chi connectivity index (χ4n) is 1.73. The van der Waals surface area contributed by atoms with Crippen LogP contribution in [0.1, 0.15) is 12.8 Å². The summed E-state index contributed by atoms with van der Waals surface area (Å²) in [7, 11) is -3.50. The molecular weight excluding hydrogens is 314 g/mol. The molecule has 1 aliphatic rings. The van der Waals surface area contributed by atoms with Gasteiger partial charge in [0.1, 0.15) is 0 Å². The molecule has 96 valence electrons. The highest BCUT2D eigenvalue weighted by atomic mass is 79.9. The van der Waals surface area contributed by atoms with Gasteiger partial charge in [0, 0.05) is 11.0 Å². The maximum Gasteiger partial charge on any atom is 0.245 e. The third-order valence-corrected chi connectivity index (χ3v) is 5.70. The number of hydrogen-bond acceptors (Lipinski definition) is 2. The van der Waals surface area contributed by atoms with E-state index in [9.17, 15) is 8.42 Å². The first kappa shape index (κ1) is 13.6. The zero-order valence-electron chi connectivity index (χ0n) is 9.84. The van der Waals surface area contributed by atoms with Crippen molar-refractivity contribution in [1.82, 2.24) is 4.31 Å². The van der Waals surface area contributed by atoms with Crippen LogP contribution in [-0.2, 0) is 10.0 Å². The van der Waals surface area contributed by atoms with Crippen LogP contribution in [-0.4, -0.2) is 25.8 Å². The molecule has 0 aliphatic heterocycles. The van der Waals surface area contributed by atoms with Crippen LogP contribution >= 0.6 is 15.9 Å². The summed E-state index contributed by atoms with van der Waals surface area (Å²) in [6.07, 6.45) is 7.45. The molecule has 0 bridgehead atoms. The molecule has 0 spiro atoms. The van der Waals surface area contributed by atoms with E-state index >= 15 is 0 Å². The van der Waals surface area contributed by atoms with E-state index in [1.807, 2.05) is 0 Å². The summed E-state index contributed by atoms with van der Waals surface area (Å²) in [5.74, 6) is 2.90. The van der Waals surface area contributed by atoms with E-state index < -0.39 is 10.0 Å². The summed E-state index contributed by atoms with van der Waals surface area (Å²) in [6.45, 7) is 0.647. The van der Waals surface area contributed by atoms with Crippen LogP contribution in [0.2, 0.25) is 0 Å². The number of terminal acetylenes is 1. The predicted octanol–water partition coefficient (Wildman–Crippen LogP) is 2.48. The predicted molar refractivity (Wildman–Crippen MR) is 74.5 cm³/mol. The molecule has 0 unspecified atom stereocenters. The molecule has 0 amide bonds. The lowest BCUT2D eigenvalue weighted by molar-refractivity contribution is 0.430. The first-order valence-corrected chi connectivity index (χ1v) is 7.97. The Hall–Kier alpha value is -0.830. The Morgan fingerprint density at radius 1 is 1.39 bits per heavy atom. The molecule has 1 saturated carbocycles. The van der Waals surface area contributed by atoms with E-state index in [0.29, 0.717) is 16.9 Å². The lowest BCUT2D eigenvalue weighted by Crippen LogP contribution is -2.33. The van der Waals surface area contributed by atoms with Crippen molar-refractivity contribution >= 4 is 26.0 Å². The molecule has 0 N–H and O–H groups in total. The quantitative estimate of drug-likeness (QED) is 0.779. The lowest BCUT2D eigenvalue weighted by Gasteiger charge is -2.20. The molecule has 2 rings (SSSR count). The summed E-state index contributed by atoms with van der Waals surface area (Å²) < 4.78 is 27.0. The smallest absolute Gasteiger partial charge is 0.207 e. The highest BCUT2D eigenvalue weighted by Gasteiger charge is 2.32. The minimum Gasteiger partial charge on any atom is -0.207 e. The molecule has 0 radical (unpaired) electrons. The van der Waals surface area contributed by atoms with Crippen LogP contribution in [0.25, 0.3) is 0 Å². The monoisotopic (exact) mass is 327 g/mol. The molecule has 18 heavy (non-hydrogen) atoms. The molecule has 1 aromatic carbocycles. The third kappa shape index (κ3) is 2.94. The van der Waals surface area contributed by atoms with Crippen LogP contribution in [0, 0.1) is 18.3 Å². The van der Waals surface area contributed by atoms with E-state index in [0.717, 1.165) is 12.8 Å². The molecule has 1 fully saturated rings. The van der Waals surface area contributed by atoms with Crippen molar-refractivity contribution in [1.29, 1.82) is 0 Å². The standard InChI is InChI=1S/C13H14BrNO2S/c1-2-9-15(10-11-7-8-11)18(16,17)13-6-4-3-5-12(13)14/h1,3-6,11H,7-10H2. The van der Waals surface area contributed by atoms with Gasteiger partial charge in [0.25, 0.3) is 0 Å². The van der Waals surface area contributed by atoms with Gasteiger partial charge in [-0.05, 0) is 46.8 Å². The Labute approximate surface area is 116 Å². The van der Waals surface area contributed by atoms with Gasteiger partial charge < -0.3 is 0 Å². The maximum absolute atomic E-state index is 12.5. The van der Waals surface area contributed by atoms with Gasteiger partial charge in [-0.1, -0.05) is 18.1 Å². The van der Waals surface area contributed by atoms with Crippen molar-refractivity contribution < 1.29 is 8.42 Å². The van der Waals surface area contributed by atoms with E-state index in [2.05, 4.69) is 21.9 Å². The number of hydrogen-bond donors (Lipinski definition) is 0. The lowest BCUT2D eigenvalue weighted by atomic mass is 10.4. The first-order chi connectivity index (χ1) is 8.55. The van der Waals surface area contributed by atoms with Gasteiger partial charge in [-0.3, -0.25) is 0 Å². The molecule has 0 heterocycles. The summed E-state index contributed by atoms with van der Waals surface area (Å²) in [4.78, 5) is 0.279. The summed E-state index contributed by atoms with van der Waals surface area (Å²) in [5, 5.41) is 0. The molecule has 0 atom stereocenters. The topological polar surface area (TPSA) is 37.4 Å². The molecule has 0 saturated heterocycles. The number of benzene rings is 1. The van der Waals surface area contributed by atoms with Crippen molar-refractivity contribution in [3.63, 3.8) is 0 Å². The third-order valence-electron chi connectivity index (χ3n) is 2.88. The average Bonchev–Trinajstić information content (AvgIpc) is 3.13. The van der Waals surface area contributed by atoms with Crippen LogP contribution in [0.15, 0.2) is 33.6 Å². The Bertz CT molecular complexity index is 573. The zero-order valence-corrected chi connectivity index (χ0v) is 12.2. The Morgan fingerprint density at radius 3 is 2.61 bits per heavy atom. The van der Waals surface area contributed by atoms with E-state index in [-0.39, 0.29) is 11.4 Å². The molecule has 0 aromatic heterocycles. The van der Waals surface area contributed by atoms with Gasteiger partial charge in [-0.25, -0.2) is 8.42 Å². The highest BCUT2D eigenvalue weighted by Crippen LogP contribution is 2.32. The number of nitrogens with zero attached hydrogens (tertiary/aromatic N) is 1. The second kappa shape index (κ2) is 5.43. The first-order valence-electron chi connectivity index (χ1n) is 5.74. The van der Waals surface area contributed by atoms with Crippen molar-refractivity contribution in [2.75, 3.05) is 13.1 Å². The van der Waals surface area contributed by atoms with Gasteiger partial charge in [0.2, 0.25) is 10.0 Å². The minimum atomic E-state index is -3.50. The van der Waals surface area contributed by atoms with Gasteiger partial charge >= 0.3 is 0 Å². The molecule has 3 nitrogen and oxygen atoms in total. The molecule has 1 aliphatic carbocycles. The zero-order chi connectivity index (χ0) is 13.2. The van der Waals surface area contributed by atoms with Gasteiger partial charge in [0.05, 0.1) is 11.4 Å². The van der Waals surface area contributed by atoms with Gasteiger partial charge in [0.15, 0.2) is 0 Å². The minimum absolute atomic E-state index is 0.125. The highest BCUT2D eigenvalue weighted by molar-refractivity contribution is 9.10. The van der Waals surface area contributed by atoms with Crippen molar-refractivity contribution in [3.05, 3.63) is 28.7 Å². The molecule has 1 aromatic rings. The Kier molecular flexibility index (Phi) is 4.10. The molecule has 5 heteroatoms. The van der Waals surface area contributed by atoms with Crippen molar-refractivity contribution in [2.45, 2.75) is 17.7 Å². The van der Waals surface area contributed by atoms with Crippen molar-refractivity contribution in [2.24, 2.45) is 5.92 Å². The second-order valence-corrected chi connectivity index (χ2v) is 7.14.